The van der Waals surface area contributed by atoms with Gasteiger partial charge in [-0.15, -0.1) is 0 Å². The van der Waals surface area contributed by atoms with Crippen LogP contribution in [0.5, 0.6) is 11.5 Å². The van der Waals surface area contributed by atoms with Crippen molar-refractivity contribution >= 4 is 23.3 Å². The third kappa shape index (κ3) is 2.97. The van der Waals surface area contributed by atoms with E-state index in [2.05, 4.69) is 10.3 Å². The van der Waals surface area contributed by atoms with E-state index < -0.39 is 5.82 Å². The zero-order chi connectivity index (χ0) is 19.8. The molecule has 8 heteroatoms. The van der Waals surface area contributed by atoms with Crippen LogP contribution in [0.25, 0.3) is 5.69 Å². The summed E-state index contributed by atoms with van der Waals surface area (Å²) in [5.74, 6) is 0.687. The molecule has 1 amide bonds. The molecule has 0 aliphatic carbocycles. The first kappa shape index (κ1) is 18.3. The van der Waals surface area contributed by atoms with E-state index in [0.29, 0.717) is 28.7 Å². The van der Waals surface area contributed by atoms with Gasteiger partial charge in [0.05, 0.1) is 30.6 Å². The lowest BCUT2D eigenvalue weighted by Crippen LogP contribution is -2.25. The maximum absolute atomic E-state index is 13.5. The van der Waals surface area contributed by atoms with Crippen LogP contribution in [0.3, 0.4) is 0 Å². The Morgan fingerprint density at radius 1 is 1.25 bits per heavy atom. The van der Waals surface area contributed by atoms with Crippen molar-refractivity contribution in [2.45, 2.75) is 12.3 Å². The molecule has 2 heterocycles. The fraction of sp³-hybridized carbons (Fsp3) is 0.200. The normalized spacial score (nSPS) is 15.7. The molecule has 0 fully saturated rings. The first-order valence-electron chi connectivity index (χ1n) is 8.57. The van der Waals surface area contributed by atoms with Crippen LogP contribution < -0.4 is 14.8 Å². The number of nitrogens with zero attached hydrogens (tertiary/aromatic N) is 2. The molecule has 1 aliphatic heterocycles. The predicted octanol–water partition coefficient (Wildman–Crippen LogP) is 4.16. The molecule has 0 saturated carbocycles. The Labute approximate surface area is 165 Å². The number of rotatable bonds is 4. The Bertz CT molecular complexity index is 1070. The van der Waals surface area contributed by atoms with Crippen LogP contribution in [0.4, 0.5) is 10.2 Å². The summed E-state index contributed by atoms with van der Waals surface area (Å²) in [6.07, 6.45) is 1.80. The van der Waals surface area contributed by atoms with Gasteiger partial charge < -0.3 is 14.8 Å². The van der Waals surface area contributed by atoms with Crippen molar-refractivity contribution in [3.05, 3.63) is 64.8 Å². The lowest BCUT2D eigenvalue weighted by Gasteiger charge is -2.25. The second kappa shape index (κ2) is 7.16. The van der Waals surface area contributed by atoms with Gasteiger partial charge in [-0.05, 0) is 24.3 Å². The van der Waals surface area contributed by atoms with Gasteiger partial charge in [0.2, 0.25) is 5.91 Å². The number of benzene rings is 2. The fourth-order valence-electron chi connectivity index (χ4n) is 3.48. The standard InChI is InChI=1S/C20H17ClFN3O3/c1-27-16-5-3-4-12(19(16)28-2)13-9-17(26)24-20-18(13)23-10-25(20)11-6-7-15(22)14(21)8-11/h3-8,10,13H,9H2,1-2H3,(H,24,26)/t13-/m0/s1. The minimum absolute atomic E-state index is 0.00639. The second-order valence-corrected chi connectivity index (χ2v) is 6.74. The third-order valence-electron chi connectivity index (χ3n) is 4.76. The van der Waals surface area contributed by atoms with Crippen LogP contribution in [-0.2, 0) is 4.79 Å². The van der Waals surface area contributed by atoms with Gasteiger partial charge in [0.1, 0.15) is 18.0 Å². The Kier molecular flexibility index (Phi) is 4.68. The van der Waals surface area contributed by atoms with Crippen molar-refractivity contribution < 1.29 is 18.7 Å². The average molecular weight is 402 g/mol. The third-order valence-corrected chi connectivity index (χ3v) is 5.05. The van der Waals surface area contributed by atoms with Crippen LogP contribution in [0.2, 0.25) is 5.02 Å². The number of fused-ring (bicyclic) bond motifs is 1. The molecule has 0 radical (unpaired) electrons. The summed E-state index contributed by atoms with van der Waals surface area (Å²) in [5, 5.41) is 2.85. The average Bonchev–Trinajstić information content (AvgIpc) is 3.12. The number of aromatic nitrogens is 2. The van der Waals surface area contributed by atoms with Crippen molar-refractivity contribution in [1.29, 1.82) is 0 Å². The second-order valence-electron chi connectivity index (χ2n) is 6.33. The summed E-state index contributed by atoms with van der Waals surface area (Å²) in [4.78, 5) is 17.0. The van der Waals surface area contributed by atoms with Gasteiger partial charge in [0.25, 0.3) is 0 Å². The number of ether oxygens (including phenoxy) is 2. The number of carbonyl (C=O) groups is 1. The van der Waals surface area contributed by atoms with E-state index in [-0.39, 0.29) is 23.3 Å². The number of imidazole rings is 1. The molecule has 1 N–H and O–H groups in total. The molecule has 3 aromatic rings. The van der Waals surface area contributed by atoms with Crippen LogP contribution in [0.15, 0.2) is 42.7 Å². The number of halogens is 2. The number of amides is 1. The minimum Gasteiger partial charge on any atom is -0.493 e. The molecule has 28 heavy (non-hydrogen) atoms. The number of para-hydroxylation sites is 1. The molecule has 4 rings (SSSR count). The Balaban J connectivity index is 1.85. The quantitative estimate of drug-likeness (QED) is 0.713. The van der Waals surface area contributed by atoms with E-state index in [1.165, 1.54) is 12.1 Å². The zero-order valence-corrected chi connectivity index (χ0v) is 16.0. The number of carbonyl (C=O) groups excluding carboxylic acids is 1. The summed E-state index contributed by atoms with van der Waals surface area (Å²) >= 11 is 5.91. The molecular weight excluding hydrogens is 385 g/mol. The number of anilines is 1. The maximum Gasteiger partial charge on any atom is 0.226 e. The lowest BCUT2D eigenvalue weighted by molar-refractivity contribution is -0.116. The largest absolute Gasteiger partial charge is 0.493 e. The highest BCUT2D eigenvalue weighted by Crippen LogP contribution is 2.43. The summed E-state index contributed by atoms with van der Waals surface area (Å²) in [6.45, 7) is 0. The molecule has 0 saturated heterocycles. The minimum atomic E-state index is -0.512. The van der Waals surface area contributed by atoms with Crippen LogP contribution in [0.1, 0.15) is 23.6 Å². The fourth-order valence-corrected chi connectivity index (χ4v) is 3.66. The predicted molar refractivity (Wildman–Crippen MR) is 103 cm³/mol. The molecule has 0 spiro atoms. The Morgan fingerprint density at radius 3 is 2.79 bits per heavy atom. The molecule has 0 bridgehead atoms. The number of hydrogen-bond acceptors (Lipinski definition) is 4. The first-order chi connectivity index (χ1) is 13.5. The molecule has 144 valence electrons. The van der Waals surface area contributed by atoms with Gasteiger partial charge >= 0.3 is 0 Å². The van der Waals surface area contributed by atoms with Gasteiger partial charge in [-0.3, -0.25) is 9.36 Å². The highest BCUT2D eigenvalue weighted by atomic mass is 35.5. The lowest BCUT2D eigenvalue weighted by atomic mass is 9.89. The topological polar surface area (TPSA) is 65.4 Å². The molecular formula is C20H17ClFN3O3. The number of nitrogens with one attached hydrogen (secondary N) is 1. The van der Waals surface area contributed by atoms with E-state index in [1.807, 2.05) is 12.1 Å². The van der Waals surface area contributed by atoms with E-state index in [0.717, 1.165) is 5.56 Å². The van der Waals surface area contributed by atoms with E-state index in [9.17, 15) is 9.18 Å². The van der Waals surface area contributed by atoms with Crippen LogP contribution in [-0.4, -0.2) is 29.7 Å². The van der Waals surface area contributed by atoms with Gasteiger partial charge in [0.15, 0.2) is 11.5 Å². The molecule has 2 aromatic carbocycles. The van der Waals surface area contributed by atoms with Gasteiger partial charge in [-0.2, -0.15) is 0 Å². The number of methoxy groups -OCH3 is 2. The summed E-state index contributed by atoms with van der Waals surface area (Å²) in [5.41, 5.74) is 2.09. The number of hydrogen-bond donors (Lipinski definition) is 1. The first-order valence-corrected chi connectivity index (χ1v) is 8.94. The van der Waals surface area contributed by atoms with E-state index in [1.54, 1.807) is 37.2 Å². The molecule has 6 nitrogen and oxygen atoms in total. The molecule has 0 unspecified atom stereocenters. The monoisotopic (exact) mass is 401 g/mol. The van der Waals surface area contributed by atoms with Crippen molar-refractivity contribution in [3.8, 4) is 17.2 Å². The van der Waals surface area contributed by atoms with Crippen LogP contribution >= 0.6 is 11.6 Å². The highest BCUT2D eigenvalue weighted by Gasteiger charge is 2.33. The maximum atomic E-state index is 13.5. The van der Waals surface area contributed by atoms with E-state index in [4.69, 9.17) is 21.1 Å². The van der Waals surface area contributed by atoms with Gasteiger partial charge in [-0.25, -0.2) is 9.37 Å². The van der Waals surface area contributed by atoms with Gasteiger partial charge in [0, 0.05) is 17.9 Å². The van der Waals surface area contributed by atoms with Gasteiger partial charge in [-0.1, -0.05) is 23.7 Å². The van der Waals surface area contributed by atoms with Crippen LogP contribution in [0, 0.1) is 5.82 Å². The smallest absolute Gasteiger partial charge is 0.226 e. The van der Waals surface area contributed by atoms with E-state index >= 15 is 0 Å². The molecule has 1 atom stereocenters. The summed E-state index contributed by atoms with van der Waals surface area (Å²) in [7, 11) is 3.12. The summed E-state index contributed by atoms with van der Waals surface area (Å²) in [6, 6.07) is 9.87. The van der Waals surface area contributed by atoms with Crippen molar-refractivity contribution in [2.75, 3.05) is 19.5 Å². The Hall–Kier alpha value is -3.06. The molecule has 1 aromatic heterocycles. The zero-order valence-electron chi connectivity index (χ0n) is 15.2. The SMILES string of the molecule is COc1cccc([C@@H]2CC(=O)Nc3c2ncn3-c2ccc(F)c(Cl)c2)c1OC. The van der Waals surface area contributed by atoms with Crippen molar-refractivity contribution in [3.63, 3.8) is 0 Å². The highest BCUT2D eigenvalue weighted by molar-refractivity contribution is 6.30. The van der Waals surface area contributed by atoms with Crippen molar-refractivity contribution in [2.24, 2.45) is 0 Å². The summed E-state index contributed by atoms with van der Waals surface area (Å²) < 4.78 is 26.1. The van der Waals surface area contributed by atoms with Crippen molar-refractivity contribution in [1.82, 2.24) is 9.55 Å². The Morgan fingerprint density at radius 2 is 2.07 bits per heavy atom. The molecule has 1 aliphatic rings.